The molecule has 0 saturated carbocycles. The van der Waals surface area contributed by atoms with E-state index in [4.69, 9.17) is 0 Å². The van der Waals surface area contributed by atoms with E-state index in [0.29, 0.717) is 12.5 Å². The van der Waals surface area contributed by atoms with Crippen molar-refractivity contribution in [3.63, 3.8) is 0 Å². The molecular formula is C18H24N4OS. The quantitative estimate of drug-likeness (QED) is 0.771. The molecule has 2 aromatic rings. The molecular weight excluding hydrogens is 320 g/mol. The normalized spacial score (nSPS) is 11.8. The van der Waals surface area contributed by atoms with Crippen LogP contribution in [0, 0.1) is 13.8 Å². The van der Waals surface area contributed by atoms with Crippen LogP contribution in [0.15, 0.2) is 36.4 Å². The second-order valence-electron chi connectivity index (χ2n) is 5.66. The second kappa shape index (κ2) is 9.27. The molecule has 128 valence electrons. The van der Waals surface area contributed by atoms with Crippen LogP contribution in [0.25, 0.3) is 0 Å². The van der Waals surface area contributed by atoms with Gasteiger partial charge >= 0.3 is 0 Å². The van der Waals surface area contributed by atoms with Crippen molar-refractivity contribution in [2.75, 3.05) is 17.3 Å². The molecule has 5 nitrogen and oxygen atoms in total. The zero-order valence-corrected chi connectivity index (χ0v) is 15.2. The SMILES string of the molecule is CSCC[C@@H](Nc1nc(C)cc(C)n1)C(=O)NCc1ccccc1. The zero-order valence-electron chi connectivity index (χ0n) is 14.4. The Hall–Kier alpha value is -2.08. The van der Waals surface area contributed by atoms with Crippen molar-refractivity contribution in [3.05, 3.63) is 53.3 Å². The molecule has 0 spiro atoms. The fourth-order valence-electron chi connectivity index (χ4n) is 2.36. The third-order valence-corrected chi connectivity index (χ3v) is 4.17. The molecule has 24 heavy (non-hydrogen) atoms. The summed E-state index contributed by atoms with van der Waals surface area (Å²) in [4.78, 5) is 21.3. The molecule has 1 amide bonds. The molecule has 0 aliphatic rings. The average Bonchev–Trinajstić information content (AvgIpc) is 2.56. The third kappa shape index (κ3) is 5.85. The number of anilines is 1. The molecule has 0 saturated heterocycles. The standard InChI is InChI=1S/C18H24N4OS/c1-13-11-14(2)21-18(20-13)22-16(9-10-24-3)17(23)19-12-15-7-5-4-6-8-15/h4-8,11,16H,9-10,12H2,1-3H3,(H,19,23)(H,20,21,22)/t16-/m1/s1. The van der Waals surface area contributed by atoms with Gasteiger partial charge in [0, 0.05) is 17.9 Å². The molecule has 0 fully saturated rings. The highest BCUT2D eigenvalue weighted by molar-refractivity contribution is 7.98. The molecule has 2 N–H and O–H groups in total. The summed E-state index contributed by atoms with van der Waals surface area (Å²) in [6.07, 6.45) is 2.75. The largest absolute Gasteiger partial charge is 0.350 e. The van der Waals surface area contributed by atoms with Gasteiger partial charge in [0.1, 0.15) is 6.04 Å². The number of nitrogens with one attached hydrogen (secondary N) is 2. The molecule has 0 bridgehead atoms. The number of thioether (sulfide) groups is 1. The molecule has 6 heteroatoms. The molecule has 1 atom stereocenters. The van der Waals surface area contributed by atoms with Crippen molar-refractivity contribution in [3.8, 4) is 0 Å². The first-order valence-electron chi connectivity index (χ1n) is 7.98. The fourth-order valence-corrected chi connectivity index (χ4v) is 2.83. The molecule has 1 aromatic heterocycles. The number of nitrogens with zero attached hydrogens (tertiary/aromatic N) is 2. The first-order chi connectivity index (χ1) is 11.6. The van der Waals surface area contributed by atoms with Crippen LogP contribution in [0.1, 0.15) is 23.4 Å². The van der Waals surface area contributed by atoms with Crippen LogP contribution in [0.3, 0.4) is 0 Å². The minimum atomic E-state index is -0.345. The van der Waals surface area contributed by atoms with Crippen molar-refractivity contribution in [2.24, 2.45) is 0 Å². The van der Waals surface area contributed by atoms with E-state index >= 15 is 0 Å². The number of carbonyl (C=O) groups is 1. The van der Waals surface area contributed by atoms with Crippen LogP contribution in [0.2, 0.25) is 0 Å². The highest BCUT2D eigenvalue weighted by Crippen LogP contribution is 2.10. The van der Waals surface area contributed by atoms with Crippen LogP contribution >= 0.6 is 11.8 Å². The monoisotopic (exact) mass is 344 g/mol. The topological polar surface area (TPSA) is 66.9 Å². The summed E-state index contributed by atoms with van der Waals surface area (Å²) in [6.45, 7) is 4.36. The van der Waals surface area contributed by atoms with E-state index < -0.39 is 0 Å². The summed E-state index contributed by atoms with van der Waals surface area (Å²) in [5.74, 6) is 1.37. The lowest BCUT2D eigenvalue weighted by atomic mass is 10.2. The van der Waals surface area contributed by atoms with Crippen LogP contribution in [0.5, 0.6) is 0 Å². The highest BCUT2D eigenvalue weighted by atomic mass is 32.2. The van der Waals surface area contributed by atoms with Crippen LogP contribution in [-0.4, -0.2) is 33.9 Å². The van der Waals surface area contributed by atoms with Crippen LogP contribution in [0.4, 0.5) is 5.95 Å². The van der Waals surface area contributed by atoms with Crippen molar-refractivity contribution in [2.45, 2.75) is 32.9 Å². The van der Waals surface area contributed by atoms with Gasteiger partial charge in [-0.25, -0.2) is 9.97 Å². The maximum Gasteiger partial charge on any atom is 0.242 e. The number of amides is 1. The average molecular weight is 344 g/mol. The molecule has 0 radical (unpaired) electrons. The Morgan fingerprint density at radius 2 is 1.83 bits per heavy atom. The summed E-state index contributed by atoms with van der Waals surface area (Å²) in [6, 6.07) is 11.5. The number of aromatic nitrogens is 2. The molecule has 1 aromatic carbocycles. The van der Waals surface area contributed by atoms with Gasteiger partial charge in [0.15, 0.2) is 0 Å². The Kier molecular flexibility index (Phi) is 7.06. The van der Waals surface area contributed by atoms with E-state index in [1.165, 1.54) is 0 Å². The Morgan fingerprint density at radius 1 is 1.17 bits per heavy atom. The van der Waals surface area contributed by atoms with E-state index in [1.807, 2.05) is 56.5 Å². The number of carbonyl (C=O) groups excluding carboxylic acids is 1. The van der Waals surface area contributed by atoms with Crippen molar-refractivity contribution in [1.29, 1.82) is 0 Å². The Labute approximate surface area is 147 Å². The van der Waals surface area contributed by atoms with E-state index in [0.717, 1.165) is 29.1 Å². The first kappa shape index (κ1) is 18.3. The van der Waals surface area contributed by atoms with E-state index in [-0.39, 0.29) is 11.9 Å². The number of hydrogen-bond acceptors (Lipinski definition) is 5. The van der Waals surface area contributed by atoms with E-state index in [2.05, 4.69) is 20.6 Å². The predicted molar refractivity (Wildman–Crippen MR) is 100 cm³/mol. The molecule has 1 heterocycles. The van der Waals surface area contributed by atoms with Gasteiger partial charge in [-0.3, -0.25) is 4.79 Å². The van der Waals surface area contributed by atoms with Crippen molar-refractivity contribution >= 4 is 23.6 Å². The predicted octanol–water partition coefficient (Wildman–Crippen LogP) is 2.94. The molecule has 0 unspecified atom stereocenters. The lowest BCUT2D eigenvalue weighted by Gasteiger charge is -2.18. The third-order valence-electron chi connectivity index (χ3n) is 3.52. The summed E-state index contributed by atoms with van der Waals surface area (Å²) < 4.78 is 0. The lowest BCUT2D eigenvalue weighted by molar-refractivity contribution is -0.122. The van der Waals surface area contributed by atoms with Crippen LogP contribution in [-0.2, 0) is 11.3 Å². The molecule has 0 aliphatic heterocycles. The Balaban J connectivity index is 2.01. The van der Waals surface area contributed by atoms with Gasteiger partial charge in [-0.1, -0.05) is 30.3 Å². The zero-order chi connectivity index (χ0) is 17.4. The maximum atomic E-state index is 12.6. The number of hydrogen-bond donors (Lipinski definition) is 2. The first-order valence-corrected chi connectivity index (χ1v) is 9.37. The van der Waals surface area contributed by atoms with Gasteiger partial charge in [0.05, 0.1) is 0 Å². The van der Waals surface area contributed by atoms with Gasteiger partial charge in [-0.15, -0.1) is 0 Å². The summed E-state index contributed by atoms with van der Waals surface area (Å²) in [5.41, 5.74) is 2.86. The minimum absolute atomic E-state index is 0.0318. The minimum Gasteiger partial charge on any atom is -0.350 e. The number of aryl methyl sites for hydroxylation is 2. The van der Waals surface area contributed by atoms with E-state index in [1.54, 1.807) is 11.8 Å². The maximum absolute atomic E-state index is 12.6. The van der Waals surface area contributed by atoms with Crippen molar-refractivity contribution < 1.29 is 4.79 Å². The summed E-state index contributed by atoms with van der Waals surface area (Å²) in [7, 11) is 0. The number of rotatable bonds is 8. The fraction of sp³-hybridized carbons (Fsp3) is 0.389. The van der Waals surface area contributed by atoms with Gasteiger partial charge in [0.2, 0.25) is 11.9 Å². The molecule has 2 rings (SSSR count). The molecule has 0 aliphatic carbocycles. The van der Waals surface area contributed by atoms with Crippen LogP contribution < -0.4 is 10.6 Å². The Bertz CT molecular complexity index is 643. The number of benzene rings is 1. The van der Waals surface area contributed by atoms with Gasteiger partial charge in [-0.2, -0.15) is 11.8 Å². The van der Waals surface area contributed by atoms with E-state index in [9.17, 15) is 4.79 Å². The smallest absolute Gasteiger partial charge is 0.242 e. The van der Waals surface area contributed by atoms with Crippen molar-refractivity contribution in [1.82, 2.24) is 15.3 Å². The summed E-state index contributed by atoms with van der Waals surface area (Å²) >= 11 is 1.72. The highest BCUT2D eigenvalue weighted by Gasteiger charge is 2.19. The lowest BCUT2D eigenvalue weighted by Crippen LogP contribution is -2.40. The van der Waals surface area contributed by atoms with Gasteiger partial charge < -0.3 is 10.6 Å². The Morgan fingerprint density at radius 3 is 2.46 bits per heavy atom. The van der Waals surface area contributed by atoms with Gasteiger partial charge in [0.25, 0.3) is 0 Å². The van der Waals surface area contributed by atoms with Gasteiger partial charge in [-0.05, 0) is 43.9 Å². The second-order valence-corrected chi connectivity index (χ2v) is 6.64. The summed E-state index contributed by atoms with van der Waals surface area (Å²) in [5, 5.41) is 6.18.